The summed E-state index contributed by atoms with van der Waals surface area (Å²) in [7, 11) is 2.01. The smallest absolute Gasteiger partial charge is 0.151 e. The standard InChI is InChI=1S/C12H14FN2P/c1-3-9-4-6-10(7-5-9)12(14)15-8(2)11(13)16/h3-7,11,14H,1,16H2,2H3/b14-12?,15-8+. The van der Waals surface area contributed by atoms with Crippen LogP contribution in [-0.2, 0) is 0 Å². The first kappa shape index (κ1) is 12.7. The molecule has 1 rings (SSSR count). The number of alkyl halides is 1. The van der Waals surface area contributed by atoms with Crippen LogP contribution in [0.25, 0.3) is 6.08 Å². The Bertz CT molecular complexity index is 421. The Kier molecular flexibility index (Phi) is 4.51. The molecule has 0 radical (unpaired) electrons. The van der Waals surface area contributed by atoms with Crippen molar-refractivity contribution in [1.29, 1.82) is 5.41 Å². The van der Waals surface area contributed by atoms with Gasteiger partial charge in [0, 0.05) is 5.56 Å². The van der Waals surface area contributed by atoms with E-state index in [9.17, 15) is 4.39 Å². The van der Waals surface area contributed by atoms with E-state index in [-0.39, 0.29) is 11.5 Å². The van der Waals surface area contributed by atoms with Gasteiger partial charge >= 0.3 is 0 Å². The van der Waals surface area contributed by atoms with E-state index in [0.717, 1.165) is 5.56 Å². The van der Waals surface area contributed by atoms with Crippen molar-refractivity contribution in [3.05, 3.63) is 42.0 Å². The monoisotopic (exact) mass is 236 g/mol. The highest BCUT2D eigenvalue weighted by atomic mass is 31.0. The van der Waals surface area contributed by atoms with Gasteiger partial charge in [-0.1, -0.05) is 46.2 Å². The van der Waals surface area contributed by atoms with Crippen molar-refractivity contribution in [1.82, 2.24) is 0 Å². The maximum atomic E-state index is 12.8. The molecule has 1 N–H and O–H groups in total. The predicted molar refractivity (Wildman–Crippen MR) is 71.1 cm³/mol. The number of nitrogens with zero attached hydrogens (tertiary/aromatic N) is 1. The summed E-state index contributed by atoms with van der Waals surface area (Å²) in [5.41, 5.74) is 1.92. The highest BCUT2D eigenvalue weighted by molar-refractivity contribution is 7.19. The fourth-order valence-electron chi connectivity index (χ4n) is 1.08. The number of amidine groups is 1. The molecular weight excluding hydrogens is 222 g/mol. The Hall–Kier alpha value is -1.34. The Morgan fingerprint density at radius 2 is 2.06 bits per heavy atom. The van der Waals surface area contributed by atoms with Crippen LogP contribution in [0.1, 0.15) is 18.1 Å². The van der Waals surface area contributed by atoms with Gasteiger partial charge < -0.3 is 0 Å². The average molecular weight is 236 g/mol. The van der Waals surface area contributed by atoms with Gasteiger partial charge in [0.05, 0.1) is 5.71 Å². The van der Waals surface area contributed by atoms with Crippen LogP contribution in [0.5, 0.6) is 0 Å². The van der Waals surface area contributed by atoms with Gasteiger partial charge in [0.15, 0.2) is 11.7 Å². The molecule has 1 aromatic rings. The molecule has 0 heterocycles. The molecule has 2 atom stereocenters. The molecule has 0 aliphatic carbocycles. The molecule has 0 aliphatic heterocycles. The zero-order valence-electron chi connectivity index (χ0n) is 9.07. The molecule has 0 aliphatic rings. The van der Waals surface area contributed by atoms with E-state index in [0.29, 0.717) is 5.56 Å². The van der Waals surface area contributed by atoms with Crippen molar-refractivity contribution < 1.29 is 4.39 Å². The summed E-state index contributed by atoms with van der Waals surface area (Å²) >= 11 is 0. The van der Waals surface area contributed by atoms with Gasteiger partial charge in [0.1, 0.15) is 0 Å². The van der Waals surface area contributed by atoms with Crippen LogP contribution in [0.15, 0.2) is 35.8 Å². The summed E-state index contributed by atoms with van der Waals surface area (Å²) in [4.78, 5) is 3.88. The largest absolute Gasteiger partial charge is 0.282 e. The number of benzene rings is 1. The first-order valence-corrected chi connectivity index (χ1v) is 5.47. The molecule has 0 fully saturated rings. The summed E-state index contributed by atoms with van der Waals surface area (Å²) < 4.78 is 12.8. The molecule has 0 saturated carbocycles. The molecule has 0 bridgehead atoms. The lowest BCUT2D eigenvalue weighted by Gasteiger charge is -2.03. The summed E-state index contributed by atoms with van der Waals surface area (Å²) in [6.07, 6.45) is 1.72. The number of hydrogen-bond donors (Lipinski definition) is 1. The SMILES string of the molecule is C=Cc1ccc(C(=N)/N=C(\C)C(F)P)cc1. The van der Waals surface area contributed by atoms with E-state index in [2.05, 4.69) is 11.6 Å². The van der Waals surface area contributed by atoms with Crippen LogP contribution in [-0.4, -0.2) is 17.5 Å². The quantitative estimate of drug-likeness (QED) is 0.475. The van der Waals surface area contributed by atoms with Crippen molar-refractivity contribution in [2.24, 2.45) is 4.99 Å². The van der Waals surface area contributed by atoms with Gasteiger partial charge in [0.2, 0.25) is 0 Å². The van der Waals surface area contributed by atoms with Crippen molar-refractivity contribution in [3.8, 4) is 0 Å². The second-order valence-electron chi connectivity index (χ2n) is 3.33. The maximum Gasteiger partial charge on any atom is 0.151 e. The van der Waals surface area contributed by atoms with Gasteiger partial charge in [-0.3, -0.25) is 5.41 Å². The van der Waals surface area contributed by atoms with E-state index >= 15 is 0 Å². The maximum absolute atomic E-state index is 12.8. The fourth-order valence-corrected chi connectivity index (χ4v) is 1.15. The lowest BCUT2D eigenvalue weighted by atomic mass is 10.1. The molecule has 0 aromatic heterocycles. The predicted octanol–water partition coefficient (Wildman–Crippen LogP) is 3.29. The normalized spacial score (nSPS) is 13.3. The number of aliphatic imine (C=N–C) groups is 1. The third kappa shape index (κ3) is 3.35. The second-order valence-corrected chi connectivity index (χ2v) is 3.91. The highest BCUT2D eigenvalue weighted by Crippen LogP contribution is 2.09. The molecule has 0 saturated heterocycles. The van der Waals surface area contributed by atoms with Crippen molar-refractivity contribution in [3.63, 3.8) is 0 Å². The van der Waals surface area contributed by atoms with Gasteiger partial charge in [-0.05, 0) is 12.5 Å². The molecule has 1 aromatic carbocycles. The molecule has 0 spiro atoms. The van der Waals surface area contributed by atoms with E-state index in [1.807, 2.05) is 21.4 Å². The topological polar surface area (TPSA) is 36.2 Å². The summed E-state index contributed by atoms with van der Waals surface area (Å²) in [5, 5.41) is 7.69. The Balaban J connectivity index is 2.89. The molecule has 0 amide bonds. The first-order valence-electron chi connectivity index (χ1n) is 4.81. The van der Waals surface area contributed by atoms with Gasteiger partial charge in [-0.15, -0.1) is 0 Å². The van der Waals surface area contributed by atoms with Gasteiger partial charge in [0.25, 0.3) is 0 Å². The Morgan fingerprint density at radius 3 is 2.50 bits per heavy atom. The second kappa shape index (κ2) is 5.66. The zero-order valence-corrected chi connectivity index (χ0v) is 10.2. The van der Waals surface area contributed by atoms with E-state index in [4.69, 9.17) is 5.41 Å². The third-order valence-electron chi connectivity index (χ3n) is 2.11. The minimum Gasteiger partial charge on any atom is -0.282 e. The van der Waals surface area contributed by atoms with Gasteiger partial charge in [-0.2, -0.15) is 0 Å². The minimum absolute atomic E-state index is 0.0678. The lowest BCUT2D eigenvalue weighted by Crippen LogP contribution is -2.07. The third-order valence-corrected chi connectivity index (χ3v) is 2.59. The van der Waals surface area contributed by atoms with Crippen molar-refractivity contribution >= 4 is 26.9 Å². The average Bonchev–Trinajstić information content (AvgIpc) is 2.28. The lowest BCUT2D eigenvalue weighted by molar-refractivity contribution is 0.540. The molecule has 16 heavy (non-hydrogen) atoms. The minimum atomic E-state index is -1.20. The molecule has 2 unspecified atom stereocenters. The molecule has 84 valence electrons. The van der Waals surface area contributed by atoms with Crippen molar-refractivity contribution in [2.75, 3.05) is 0 Å². The number of rotatable bonds is 3. The Labute approximate surface area is 97.0 Å². The molecular formula is C12H14FN2P. The highest BCUT2D eigenvalue weighted by Gasteiger charge is 2.05. The van der Waals surface area contributed by atoms with Gasteiger partial charge in [-0.25, -0.2) is 9.38 Å². The van der Waals surface area contributed by atoms with Crippen molar-refractivity contribution in [2.45, 2.75) is 12.8 Å². The summed E-state index contributed by atoms with van der Waals surface area (Å²) in [6.45, 7) is 5.20. The number of nitrogens with one attached hydrogen (secondary N) is 1. The van der Waals surface area contributed by atoms with Crippen LogP contribution < -0.4 is 0 Å². The number of halogens is 1. The van der Waals surface area contributed by atoms with Crippen LogP contribution >= 0.6 is 9.24 Å². The summed E-state index contributed by atoms with van der Waals surface area (Å²) in [5.74, 6) is -1.13. The summed E-state index contributed by atoms with van der Waals surface area (Å²) in [6, 6.07) is 7.23. The van der Waals surface area contributed by atoms with E-state index in [1.54, 1.807) is 25.1 Å². The Morgan fingerprint density at radius 1 is 1.50 bits per heavy atom. The van der Waals surface area contributed by atoms with Crippen LogP contribution in [0.3, 0.4) is 0 Å². The van der Waals surface area contributed by atoms with Crippen LogP contribution in [0.2, 0.25) is 0 Å². The van der Waals surface area contributed by atoms with Crippen LogP contribution in [0.4, 0.5) is 4.39 Å². The van der Waals surface area contributed by atoms with E-state index < -0.39 is 5.91 Å². The van der Waals surface area contributed by atoms with Crippen LogP contribution in [0, 0.1) is 5.41 Å². The van der Waals surface area contributed by atoms with E-state index in [1.165, 1.54) is 0 Å². The zero-order chi connectivity index (χ0) is 12.1. The molecule has 4 heteroatoms. The fraction of sp³-hybridized carbons (Fsp3) is 0.167. The molecule has 2 nitrogen and oxygen atoms in total. The number of hydrogen-bond acceptors (Lipinski definition) is 1. The first-order chi connectivity index (χ1) is 7.54.